The number of furan rings is 1. The highest BCUT2D eigenvalue weighted by Crippen LogP contribution is 2.41. The topological polar surface area (TPSA) is 59.4 Å². The zero-order valence-corrected chi connectivity index (χ0v) is 6.16. The SMILES string of the molecule is NC(c1ccoc1O)C1CC1. The lowest BCUT2D eigenvalue weighted by Gasteiger charge is -2.06. The van der Waals surface area contributed by atoms with Crippen molar-refractivity contribution in [1.29, 1.82) is 0 Å². The first-order valence-corrected chi connectivity index (χ1v) is 3.81. The fourth-order valence-corrected chi connectivity index (χ4v) is 1.27. The van der Waals surface area contributed by atoms with E-state index in [0.717, 1.165) is 5.56 Å². The average molecular weight is 153 g/mol. The molecule has 1 aliphatic rings. The molecule has 60 valence electrons. The highest BCUT2D eigenvalue weighted by Gasteiger charge is 2.31. The zero-order valence-electron chi connectivity index (χ0n) is 6.16. The molecule has 1 unspecified atom stereocenters. The standard InChI is InChI=1S/C8H11NO2/c9-7(5-1-2-5)6-3-4-11-8(6)10/h3-5,7,10H,1-2,9H2. The molecule has 1 aromatic heterocycles. The van der Waals surface area contributed by atoms with E-state index < -0.39 is 0 Å². The molecule has 2 rings (SSSR count). The average Bonchev–Trinajstić information content (AvgIpc) is 2.74. The Hall–Kier alpha value is -0.960. The minimum atomic E-state index is -0.0336. The van der Waals surface area contributed by atoms with Crippen molar-refractivity contribution >= 4 is 0 Å². The van der Waals surface area contributed by atoms with Crippen molar-refractivity contribution in [3.63, 3.8) is 0 Å². The third kappa shape index (κ3) is 1.12. The van der Waals surface area contributed by atoms with Gasteiger partial charge in [0.15, 0.2) is 0 Å². The third-order valence-corrected chi connectivity index (χ3v) is 2.16. The van der Waals surface area contributed by atoms with Crippen molar-refractivity contribution in [3.8, 4) is 5.95 Å². The van der Waals surface area contributed by atoms with Gasteiger partial charge in [-0.25, -0.2) is 0 Å². The molecule has 0 amide bonds. The summed E-state index contributed by atoms with van der Waals surface area (Å²) in [4.78, 5) is 0. The van der Waals surface area contributed by atoms with Gasteiger partial charge in [-0.1, -0.05) is 0 Å². The van der Waals surface area contributed by atoms with Gasteiger partial charge in [0.25, 0.3) is 5.95 Å². The molecular formula is C8H11NO2. The molecule has 11 heavy (non-hydrogen) atoms. The van der Waals surface area contributed by atoms with E-state index in [1.54, 1.807) is 6.07 Å². The van der Waals surface area contributed by atoms with Crippen molar-refractivity contribution in [2.75, 3.05) is 0 Å². The van der Waals surface area contributed by atoms with Crippen molar-refractivity contribution in [2.45, 2.75) is 18.9 Å². The normalized spacial score (nSPS) is 20.1. The van der Waals surface area contributed by atoms with Crippen molar-refractivity contribution in [3.05, 3.63) is 17.9 Å². The number of rotatable bonds is 2. The van der Waals surface area contributed by atoms with Gasteiger partial charge in [-0.05, 0) is 24.8 Å². The second-order valence-electron chi connectivity index (χ2n) is 3.04. The van der Waals surface area contributed by atoms with Crippen LogP contribution in [0.1, 0.15) is 24.4 Å². The number of aromatic hydroxyl groups is 1. The van der Waals surface area contributed by atoms with Crippen LogP contribution in [0.3, 0.4) is 0 Å². The van der Waals surface area contributed by atoms with Gasteiger partial charge in [0.2, 0.25) is 0 Å². The molecule has 1 aliphatic carbocycles. The first-order chi connectivity index (χ1) is 5.29. The maximum atomic E-state index is 9.15. The Balaban J connectivity index is 2.20. The minimum Gasteiger partial charge on any atom is -0.480 e. The summed E-state index contributed by atoms with van der Waals surface area (Å²) in [5, 5.41) is 9.15. The van der Waals surface area contributed by atoms with Gasteiger partial charge in [-0.2, -0.15) is 0 Å². The molecule has 1 saturated carbocycles. The van der Waals surface area contributed by atoms with Gasteiger partial charge >= 0.3 is 0 Å². The van der Waals surface area contributed by atoms with Gasteiger partial charge in [-0.15, -0.1) is 0 Å². The molecule has 0 spiro atoms. The molecule has 0 bridgehead atoms. The van der Waals surface area contributed by atoms with E-state index in [9.17, 15) is 0 Å². The summed E-state index contributed by atoms with van der Waals surface area (Å²) in [6.07, 6.45) is 3.81. The summed E-state index contributed by atoms with van der Waals surface area (Å²) in [5.74, 6) is 0.530. The van der Waals surface area contributed by atoms with Crippen LogP contribution < -0.4 is 5.73 Å². The molecule has 1 aromatic rings. The maximum Gasteiger partial charge on any atom is 0.286 e. The molecule has 1 atom stereocenters. The predicted octanol–water partition coefficient (Wildman–Crippen LogP) is 1.40. The van der Waals surface area contributed by atoms with Crippen LogP contribution in [0.15, 0.2) is 16.7 Å². The third-order valence-electron chi connectivity index (χ3n) is 2.16. The van der Waals surface area contributed by atoms with Gasteiger partial charge in [0.05, 0.1) is 11.8 Å². The van der Waals surface area contributed by atoms with Crippen LogP contribution in [-0.4, -0.2) is 5.11 Å². The quantitative estimate of drug-likeness (QED) is 0.675. The zero-order chi connectivity index (χ0) is 7.84. The van der Waals surface area contributed by atoms with E-state index in [2.05, 4.69) is 0 Å². The number of hydrogen-bond donors (Lipinski definition) is 2. The fourth-order valence-electron chi connectivity index (χ4n) is 1.27. The maximum absolute atomic E-state index is 9.15. The molecule has 1 heterocycles. The molecule has 3 nitrogen and oxygen atoms in total. The Kier molecular flexibility index (Phi) is 1.39. The minimum absolute atomic E-state index is 0.0237. The van der Waals surface area contributed by atoms with Crippen LogP contribution in [0, 0.1) is 5.92 Å². The van der Waals surface area contributed by atoms with Crippen molar-refractivity contribution in [2.24, 2.45) is 11.7 Å². The summed E-state index contributed by atoms with van der Waals surface area (Å²) in [7, 11) is 0. The molecule has 0 saturated heterocycles. The van der Waals surface area contributed by atoms with Crippen LogP contribution >= 0.6 is 0 Å². The highest BCUT2D eigenvalue weighted by atomic mass is 16.5. The number of hydrogen-bond acceptors (Lipinski definition) is 3. The Morgan fingerprint density at radius 3 is 2.82 bits per heavy atom. The molecule has 3 N–H and O–H groups in total. The molecule has 0 aliphatic heterocycles. The van der Waals surface area contributed by atoms with E-state index in [-0.39, 0.29) is 12.0 Å². The molecule has 1 fully saturated rings. The summed E-state index contributed by atoms with van der Waals surface area (Å²) in [6.45, 7) is 0. The highest BCUT2D eigenvalue weighted by molar-refractivity contribution is 5.26. The van der Waals surface area contributed by atoms with Gasteiger partial charge in [0.1, 0.15) is 0 Å². The van der Waals surface area contributed by atoms with E-state index in [1.165, 1.54) is 19.1 Å². The van der Waals surface area contributed by atoms with E-state index in [4.69, 9.17) is 15.3 Å². The molecular weight excluding hydrogens is 142 g/mol. The Morgan fingerprint density at radius 1 is 1.64 bits per heavy atom. The summed E-state index contributed by atoms with van der Waals surface area (Å²) in [5.41, 5.74) is 6.57. The lowest BCUT2D eigenvalue weighted by Crippen LogP contribution is -2.11. The van der Waals surface area contributed by atoms with Crippen LogP contribution in [0.4, 0.5) is 0 Å². The smallest absolute Gasteiger partial charge is 0.286 e. The Bertz CT molecular complexity index is 252. The Labute approximate surface area is 64.8 Å². The first kappa shape index (κ1) is 6.73. The van der Waals surface area contributed by atoms with E-state index in [0.29, 0.717) is 5.92 Å². The van der Waals surface area contributed by atoms with Gasteiger partial charge < -0.3 is 15.3 Å². The second kappa shape index (κ2) is 2.27. The Morgan fingerprint density at radius 2 is 2.36 bits per heavy atom. The second-order valence-corrected chi connectivity index (χ2v) is 3.04. The molecule has 0 radical (unpaired) electrons. The lowest BCUT2D eigenvalue weighted by atomic mass is 10.1. The first-order valence-electron chi connectivity index (χ1n) is 3.81. The number of nitrogens with two attached hydrogens (primary N) is 1. The van der Waals surface area contributed by atoms with Crippen LogP contribution in [-0.2, 0) is 0 Å². The predicted molar refractivity (Wildman–Crippen MR) is 40.0 cm³/mol. The summed E-state index contributed by atoms with van der Waals surface area (Å²) in [6, 6.07) is 1.70. The molecule has 0 aromatic carbocycles. The van der Waals surface area contributed by atoms with Crippen LogP contribution in [0.5, 0.6) is 5.95 Å². The van der Waals surface area contributed by atoms with E-state index >= 15 is 0 Å². The summed E-state index contributed by atoms with van der Waals surface area (Å²) < 4.78 is 4.74. The largest absolute Gasteiger partial charge is 0.480 e. The van der Waals surface area contributed by atoms with Gasteiger partial charge in [-0.3, -0.25) is 0 Å². The summed E-state index contributed by atoms with van der Waals surface area (Å²) >= 11 is 0. The van der Waals surface area contributed by atoms with Crippen molar-refractivity contribution < 1.29 is 9.52 Å². The lowest BCUT2D eigenvalue weighted by molar-refractivity contribution is 0.323. The van der Waals surface area contributed by atoms with Crippen LogP contribution in [0.25, 0.3) is 0 Å². The van der Waals surface area contributed by atoms with Crippen molar-refractivity contribution in [1.82, 2.24) is 0 Å². The van der Waals surface area contributed by atoms with Crippen LogP contribution in [0.2, 0.25) is 0 Å². The molecule has 3 heteroatoms. The monoisotopic (exact) mass is 153 g/mol. The van der Waals surface area contributed by atoms with Gasteiger partial charge in [0, 0.05) is 6.04 Å². The van der Waals surface area contributed by atoms with E-state index in [1.807, 2.05) is 0 Å². The fraction of sp³-hybridized carbons (Fsp3) is 0.500.